The van der Waals surface area contributed by atoms with Crippen LogP contribution in [-0.4, -0.2) is 31.0 Å². The normalized spacial score (nSPS) is 7.84. The van der Waals surface area contributed by atoms with Gasteiger partial charge < -0.3 is 20.2 Å². The van der Waals surface area contributed by atoms with E-state index in [4.69, 9.17) is 0 Å². The first-order chi connectivity index (χ1) is 8.18. The van der Waals surface area contributed by atoms with Gasteiger partial charge in [0.2, 0.25) is 0 Å². The van der Waals surface area contributed by atoms with Crippen LogP contribution in [0.3, 0.4) is 0 Å². The molecule has 104 valence electrons. The number of hydrogen-bond donors (Lipinski definition) is 0. The minimum Gasteiger partial charge on any atom is -1.00 e. The third-order valence-electron chi connectivity index (χ3n) is 1.28. The average Bonchev–Trinajstić information content (AvgIpc) is 2.14. The van der Waals surface area contributed by atoms with Crippen molar-refractivity contribution in [2.45, 2.75) is 41.0 Å². The SMILES string of the molecule is CC(=O)OB(OC(C)=O)OC(C)=O.CCC(C)=O.[H-].[Na+]. The minimum absolute atomic E-state index is 0. The number of carbonyl (C=O) groups excluding carboxylic acids is 4. The van der Waals surface area contributed by atoms with E-state index in [0.717, 1.165) is 20.8 Å². The molecule has 0 aromatic rings. The molecule has 0 atom stereocenters. The smallest absolute Gasteiger partial charge is 1.00 e. The Bertz CT molecular complexity index is 287. The summed E-state index contributed by atoms with van der Waals surface area (Å²) in [4.78, 5) is 41.0. The summed E-state index contributed by atoms with van der Waals surface area (Å²) in [5.41, 5.74) is 0. The molecule has 0 radical (unpaired) electrons. The van der Waals surface area contributed by atoms with E-state index in [1.54, 1.807) is 6.92 Å². The molecular formula is C10H18BNaO7. The first-order valence-electron chi connectivity index (χ1n) is 5.20. The van der Waals surface area contributed by atoms with Crippen LogP contribution in [0.1, 0.15) is 42.5 Å². The van der Waals surface area contributed by atoms with E-state index in [0.29, 0.717) is 6.42 Å². The summed E-state index contributed by atoms with van der Waals surface area (Å²) in [5, 5.41) is 0. The molecule has 0 unspecified atom stereocenters. The molecule has 0 saturated heterocycles. The summed E-state index contributed by atoms with van der Waals surface area (Å²) >= 11 is 0. The Morgan fingerprint density at radius 3 is 1.16 bits per heavy atom. The van der Waals surface area contributed by atoms with Gasteiger partial charge in [-0.25, -0.2) is 0 Å². The summed E-state index contributed by atoms with van der Waals surface area (Å²) in [6, 6.07) is 0. The molecule has 0 aliphatic heterocycles. The van der Waals surface area contributed by atoms with E-state index in [-0.39, 0.29) is 36.8 Å². The predicted octanol–water partition coefficient (Wildman–Crippen LogP) is -2.24. The number of hydrogen-bond acceptors (Lipinski definition) is 7. The van der Waals surface area contributed by atoms with E-state index in [1.165, 1.54) is 0 Å². The maximum atomic E-state index is 10.4. The fourth-order valence-corrected chi connectivity index (χ4v) is 0.479. The van der Waals surface area contributed by atoms with Crippen molar-refractivity contribution < 1.29 is 64.1 Å². The van der Waals surface area contributed by atoms with Crippen LogP contribution in [0.4, 0.5) is 0 Å². The van der Waals surface area contributed by atoms with Crippen LogP contribution in [0.25, 0.3) is 0 Å². The molecule has 9 heteroatoms. The summed E-state index contributed by atoms with van der Waals surface area (Å²) < 4.78 is 13.0. The molecule has 7 nitrogen and oxygen atoms in total. The Balaban J connectivity index is -0.000000158. The zero-order valence-electron chi connectivity index (χ0n) is 13.1. The van der Waals surface area contributed by atoms with Crippen molar-refractivity contribution in [1.82, 2.24) is 0 Å². The largest absolute Gasteiger partial charge is 1.00 e. The Morgan fingerprint density at radius 2 is 1.05 bits per heavy atom. The Hall–Kier alpha value is -0.855. The van der Waals surface area contributed by atoms with E-state index < -0.39 is 25.2 Å². The Kier molecular flexibility index (Phi) is 16.6. The van der Waals surface area contributed by atoms with Crippen LogP contribution in [0.5, 0.6) is 0 Å². The third-order valence-corrected chi connectivity index (χ3v) is 1.28. The maximum Gasteiger partial charge on any atom is 1.00 e. The number of Topliss-reactive ketones (excluding diaryl/α,β-unsaturated/α-hetero) is 1. The van der Waals surface area contributed by atoms with Crippen LogP contribution in [-0.2, 0) is 33.1 Å². The number of ketones is 1. The zero-order chi connectivity index (χ0) is 14.7. The molecule has 0 heterocycles. The van der Waals surface area contributed by atoms with E-state index in [9.17, 15) is 19.2 Å². The van der Waals surface area contributed by atoms with Gasteiger partial charge >= 0.3 is 36.9 Å². The predicted molar refractivity (Wildman–Crippen MR) is 63.1 cm³/mol. The van der Waals surface area contributed by atoms with E-state index >= 15 is 0 Å². The summed E-state index contributed by atoms with van der Waals surface area (Å²) in [6.07, 6.45) is 0.667. The van der Waals surface area contributed by atoms with Gasteiger partial charge in [0.15, 0.2) is 0 Å². The monoisotopic (exact) mass is 284 g/mol. The van der Waals surface area contributed by atoms with Crippen molar-refractivity contribution >= 4 is 31.0 Å². The average molecular weight is 284 g/mol. The van der Waals surface area contributed by atoms with Gasteiger partial charge in [0, 0.05) is 27.2 Å². The molecule has 19 heavy (non-hydrogen) atoms. The van der Waals surface area contributed by atoms with Crippen LogP contribution in [0.2, 0.25) is 0 Å². The quantitative estimate of drug-likeness (QED) is 0.539. The first kappa shape index (κ1) is 23.3. The van der Waals surface area contributed by atoms with Crippen LogP contribution >= 0.6 is 0 Å². The number of carbonyl (C=O) groups is 4. The molecule has 0 spiro atoms. The van der Waals surface area contributed by atoms with Gasteiger partial charge in [0.25, 0.3) is 17.9 Å². The van der Waals surface area contributed by atoms with E-state index in [2.05, 4.69) is 14.0 Å². The van der Waals surface area contributed by atoms with Crippen LogP contribution in [0.15, 0.2) is 0 Å². The molecule has 0 fully saturated rings. The van der Waals surface area contributed by atoms with Crippen molar-refractivity contribution in [3.8, 4) is 0 Å². The van der Waals surface area contributed by atoms with Gasteiger partial charge in [-0.3, -0.25) is 14.4 Å². The van der Waals surface area contributed by atoms with Gasteiger partial charge in [-0.15, -0.1) is 0 Å². The summed E-state index contributed by atoms with van der Waals surface area (Å²) in [5.74, 6) is -1.89. The molecule has 0 bridgehead atoms. The number of rotatable bonds is 4. The molecule has 0 rings (SSSR count). The topological polar surface area (TPSA) is 96.0 Å². The van der Waals surface area contributed by atoms with Gasteiger partial charge in [-0.1, -0.05) is 6.92 Å². The van der Waals surface area contributed by atoms with Gasteiger partial charge in [-0.05, 0) is 6.92 Å². The molecule has 0 amide bonds. The van der Waals surface area contributed by atoms with Crippen molar-refractivity contribution in [2.24, 2.45) is 0 Å². The Morgan fingerprint density at radius 1 is 0.842 bits per heavy atom. The molecule has 0 aliphatic rings. The fourth-order valence-electron chi connectivity index (χ4n) is 0.479. The fraction of sp³-hybridized carbons (Fsp3) is 0.600. The first-order valence-corrected chi connectivity index (χ1v) is 5.20. The van der Waals surface area contributed by atoms with Crippen molar-refractivity contribution in [1.29, 1.82) is 0 Å². The second-order valence-electron chi connectivity index (χ2n) is 3.17. The minimum atomic E-state index is -1.59. The van der Waals surface area contributed by atoms with Crippen LogP contribution < -0.4 is 29.6 Å². The third kappa shape index (κ3) is 22.8. The molecule has 0 saturated carbocycles. The second-order valence-corrected chi connectivity index (χ2v) is 3.17. The molecule has 0 aliphatic carbocycles. The standard InChI is InChI=1S/C6H9BO6.C4H8O.Na.H/c1-4(8)11-7(12-5(2)9)13-6(3)10;1-3-4(2)5;;/h1-3H3;3H2,1-2H3;;/q;;+1;-1. The molecular weight excluding hydrogens is 266 g/mol. The molecule has 0 aromatic carbocycles. The summed E-state index contributed by atoms with van der Waals surface area (Å²) in [7, 11) is -1.59. The Labute approximate surface area is 136 Å². The zero-order valence-corrected chi connectivity index (χ0v) is 14.1. The van der Waals surface area contributed by atoms with Crippen molar-refractivity contribution in [3.63, 3.8) is 0 Å². The van der Waals surface area contributed by atoms with E-state index in [1.807, 2.05) is 6.92 Å². The molecule has 0 aromatic heterocycles. The maximum absolute atomic E-state index is 10.4. The van der Waals surface area contributed by atoms with Gasteiger partial charge in [-0.2, -0.15) is 0 Å². The van der Waals surface area contributed by atoms with Gasteiger partial charge in [0.1, 0.15) is 5.78 Å². The van der Waals surface area contributed by atoms with Crippen molar-refractivity contribution in [2.75, 3.05) is 0 Å². The van der Waals surface area contributed by atoms with Crippen molar-refractivity contribution in [3.05, 3.63) is 0 Å². The summed E-state index contributed by atoms with van der Waals surface area (Å²) in [6.45, 7) is 6.72. The van der Waals surface area contributed by atoms with Crippen LogP contribution in [0, 0.1) is 0 Å². The second kappa shape index (κ2) is 13.6. The van der Waals surface area contributed by atoms with Gasteiger partial charge in [0.05, 0.1) is 0 Å². The molecule has 0 N–H and O–H groups in total.